The summed E-state index contributed by atoms with van der Waals surface area (Å²) in [6, 6.07) is 13.4. The van der Waals surface area contributed by atoms with Gasteiger partial charge in [0.25, 0.3) is 0 Å². The highest BCUT2D eigenvalue weighted by Crippen LogP contribution is 2.38. The first-order chi connectivity index (χ1) is 17.6. The van der Waals surface area contributed by atoms with Crippen LogP contribution in [0.1, 0.15) is 5.56 Å². The molecule has 0 unspecified atom stereocenters. The van der Waals surface area contributed by atoms with E-state index in [1.807, 2.05) is 35.2 Å². The SMILES string of the molecule is COc1ccc(-c2cc(N3CCN(C(=O)/C=C\c4cc(OC)c(OC)c(OC)c4)CC3)ncn2)cc1. The summed E-state index contributed by atoms with van der Waals surface area (Å²) in [7, 11) is 6.33. The smallest absolute Gasteiger partial charge is 0.246 e. The average Bonchev–Trinajstić information content (AvgIpc) is 2.95. The minimum Gasteiger partial charge on any atom is -0.497 e. The van der Waals surface area contributed by atoms with Crippen molar-refractivity contribution in [3.63, 3.8) is 0 Å². The number of hydrogen-bond acceptors (Lipinski definition) is 8. The van der Waals surface area contributed by atoms with E-state index in [1.54, 1.807) is 59.1 Å². The molecule has 0 N–H and O–H groups in total. The number of amides is 1. The van der Waals surface area contributed by atoms with Gasteiger partial charge in [-0.05, 0) is 48.0 Å². The lowest BCUT2D eigenvalue weighted by molar-refractivity contribution is -0.126. The number of nitrogens with zero attached hydrogens (tertiary/aromatic N) is 4. The molecule has 0 spiro atoms. The van der Waals surface area contributed by atoms with E-state index in [-0.39, 0.29) is 5.91 Å². The topological polar surface area (TPSA) is 86.3 Å². The maximum absolute atomic E-state index is 12.8. The Kier molecular flexibility index (Phi) is 7.89. The van der Waals surface area contributed by atoms with E-state index in [4.69, 9.17) is 18.9 Å². The van der Waals surface area contributed by atoms with Gasteiger partial charge in [-0.25, -0.2) is 9.97 Å². The lowest BCUT2D eigenvalue weighted by Crippen LogP contribution is -2.48. The molecule has 2 heterocycles. The number of benzene rings is 2. The van der Waals surface area contributed by atoms with Crippen LogP contribution < -0.4 is 23.8 Å². The normalized spacial score (nSPS) is 13.6. The Morgan fingerprint density at radius 2 is 1.50 bits per heavy atom. The molecule has 9 heteroatoms. The predicted octanol–water partition coefficient (Wildman–Crippen LogP) is 3.54. The minimum absolute atomic E-state index is 0.0509. The van der Waals surface area contributed by atoms with Crippen LogP contribution in [-0.4, -0.2) is 75.4 Å². The van der Waals surface area contributed by atoms with Crippen molar-refractivity contribution < 1.29 is 23.7 Å². The Morgan fingerprint density at radius 1 is 0.833 bits per heavy atom. The van der Waals surface area contributed by atoms with E-state index in [2.05, 4.69) is 14.9 Å². The van der Waals surface area contributed by atoms with Crippen LogP contribution in [0.5, 0.6) is 23.0 Å². The molecule has 0 radical (unpaired) electrons. The second-order valence-electron chi connectivity index (χ2n) is 8.09. The highest BCUT2D eigenvalue weighted by atomic mass is 16.5. The molecular formula is C27H30N4O5. The molecule has 1 aliphatic heterocycles. The van der Waals surface area contributed by atoms with E-state index >= 15 is 0 Å². The number of anilines is 1. The lowest BCUT2D eigenvalue weighted by atomic mass is 10.1. The van der Waals surface area contributed by atoms with Crippen LogP contribution in [-0.2, 0) is 4.79 Å². The van der Waals surface area contributed by atoms with Gasteiger partial charge in [0.05, 0.1) is 34.1 Å². The van der Waals surface area contributed by atoms with Crippen LogP contribution in [0.3, 0.4) is 0 Å². The third-order valence-corrected chi connectivity index (χ3v) is 6.06. The number of piperazine rings is 1. The van der Waals surface area contributed by atoms with Crippen molar-refractivity contribution in [2.24, 2.45) is 0 Å². The van der Waals surface area contributed by atoms with Crippen LogP contribution in [0.15, 0.2) is 54.9 Å². The third kappa shape index (κ3) is 5.51. The van der Waals surface area contributed by atoms with Gasteiger partial charge in [-0.3, -0.25) is 4.79 Å². The van der Waals surface area contributed by atoms with E-state index in [0.29, 0.717) is 43.4 Å². The van der Waals surface area contributed by atoms with Crippen molar-refractivity contribution in [3.8, 4) is 34.3 Å². The number of methoxy groups -OCH3 is 4. The van der Waals surface area contributed by atoms with Crippen LogP contribution in [0, 0.1) is 0 Å². The fourth-order valence-electron chi connectivity index (χ4n) is 4.07. The first kappa shape index (κ1) is 24.8. The summed E-state index contributed by atoms with van der Waals surface area (Å²) >= 11 is 0. The summed E-state index contributed by atoms with van der Waals surface area (Å²) < 4.78 is 21.4. The maximum Gasteiger partial charge on any atom is 0.246 e. The summed E-state index contributed by atoms with van der Waals surface area (Å²) in [5.74, 6) is 3.18. The van der Waals surface area contributed by atoms with E-state index in [9.17, 15) is 4.79 Å². The molecule has 3 aromatic rings. The van der Waals surface area contributed by atoms with Crippen LogP contribution in [0.2, 0.25) is 0 Å². The zero-order valence-electron chi connectivity index (χ0n) is 20.9. The summed E-state index contributed by atoms with van der Waals surface area (Å²) in [6.45, 7) is 2.56. The van der Waals surface area contributed by atoms with Crippen LogP contribution in [0.4, 0.5) is 5.82 Å². The molecule has 1 saturated heterocycles. The van der Waals surface area contributed by atoms with Crippen molar-refractivity contribution in [1.82, 2.24) is 14.9 Å². The lowest BCUT2D eigenvalue weighted by Gasteiger charge is -2.35. The molecule has 2 aromatic carbocycles. The molecule has 1 aliphatic rings. The molecular weight excluding hydrogens is 460 g/mol. The minimum atomic E-state index is -0.0509. The second kappa shape index (κ2) is 11.4. The van der Waals surface area contributed by atoms with Gasteiger partial charge < -0.3 is 28.7 Å². The standard InChI is InChI=1S/C27H30N4O5/c1-33-21-8-6-20(7-9-21)22-17-25(29-18-28-22)30-11-13-31(14-12-30)26(32)10-5-19-15-23(34-2)27(36-4)24(16-19)35-3/h5-10,15-18H,11-14H2,1-4H3/b10-5-. The highest BCUT2D eigenvalue weighted by molar-refractivity contribution is 5.92. The Morgan fingerprint density at radius 3 is 2.08 bits per heavy atom. The van der Waals surface area contributed by atoms with Crippen molar-refractivity contribution >= 4 is 17.8 Å². The van der Waals surface area contributed by atoms with Gasteiger partial charge in [0.15, 0.2) is 11.5 Å². The second-order valence-corrected chi connectivity index (χ2v) is 8.09. The van der Waals surface area contributed by atoms with Gasteiger partial charge >= 0.3 is 0 Å². The molecule has 188 valence electrons. The van der Waals surface area contributed by atoms with Crippen molar-refractivity contribution in [3.05, 3.63) is 60.4 Å². The van der Waals surface area contributed by atoms with Crippen molar-refractivity contribution in [2.75, 3.05) is 59.5 Å². The first-order valence-electron chi connectivity index (χ1n) is 11.5. The molecule has 36 heavy (non-hydrogen) atoms. The molecule has 0 aliphatic carbocycles. The molecule has 1 aromatic heterocycles. The molecule has 0 atom stereocenters. The number of carbonyl (C=O) groups is 1. The number of rotatable bonds is 8. The fourth-order valence-corrected chi connectivity index (χ4v) is 4.07. The van der Waals surface area contributed by atoms with Crippen LogP contribution in [0.25, 0.3) is 17.3 Å². The van der Waals surface area contributed by atoms with Gasteiger partial charge in [0.1, 0.15) is 17.9 Å². The van der Waals surface area contributed by atoms with Crippen molar-refractivity contribution in [1.29, 1.82) is 0 Å². The van der Waals surface area contributed by atoms with Crippen molar-refractivity contribution in [2.45, 2.75) is 0 Å². The number of hydrogen-bond donors (Lipinski definition) is 0. The highest BCUT2D eigenvalue weighted by Gasteiger charge is 2.21. The van der Waals surface area contributed by atoms with E-state index in [1.165, 1.54) is 0 Å². The monoisotopic (exact) mass is 490 g/mol. The Balaban J connectivity index is 1.39. The quantitative estimate of drug-likeness (QED) is 0.443. The molecule has 4 rings (SSSR count). The van der Waals surface area contributed by atoms with Gasteiger partial charge in [-0.15, -0.1) is 0 Å². The average molecular weight is 491 g/mol. The first-order valence-corrected chi connectivity index (χ1v) is 11.5. The Labute approximate surface area is 210 Å². The number of aromatic nitrogens is 2. The molecule has 9 nitrogen and oxygen atoms in total. The molecule has 0 bridgehead atoms. The maximum atomic E-state index is 12.8. The molecule has 1 fully saturated rings. The predicted molar refractivity (Wildman–Crippen MR) is 138 cm³/mol. The van der Waals surface area contributed by atoms with Gasteiger partial charge in [-0.1, -0.05) is 0 Å². The van der Waals surface area contributed by atoms with Crippen LogP contribution >= 0.6 is 0 Å². The Hall–Kier alpha value is -4.27. The van der Waals surface area contributed by atoms with E-state index in [0.717, 1.165) is 28.4 Å². The number of ether oxygens (including phenoxy) is 4. The largest absolute Gasteiger partial charge is 0.497 e. The molecule has 0 saturated carbocycles. The zero-order chi connectivity index (χ0) is 25.5. The Bertz CT molecular complexity index is 1200. The molecule has 1 amide bonds. The summed E-state index contributed by atoms with van der Waals surface area (Å²) in [5, 5.41) is 0. The summed E-state index contributed by atoms with van der Waals surface area (Å²) in [6.07, 6.45) is 4.90. The fraction of sp³-hybridized carbons (Fsp3) is 0.296. The van der Waals surface area contributed by atoms with Gasteiger partial charge in [0.2, 0.25) is 11.7 Å². The zero-order valence-corrected chi connectivity index (χ0v) is 20.9. The summed E-state index contributed by atoms with van der Waals surface area (Å²) in [4.78, 5) is 25.7. The summed E-state index contributed by atoms with van der Waals surface area (Å²) in [5.41, 5.74) is 2.61. The third-order valence-electron chi connectivity index (χ3n) is 6.06. The van der Waals surface area contributed by atoms with E-state index < -0.39 is 0 Å². The van der Waals surface area contributed by atoms with Gasteiger partial charge in [0, 0.05) is 43.9 Å². The van der Waals surface area contributed by atoms with Gasteiger partial charge in [-0.2, -0.15) is 0 Å². The number of carbonyl (C=O) groups excluding carboxylic acids is 1.